The van der Waals surface area contributed by atoms with Crippen LogP contribution in [0.1, 0.15) is 26.2 Å². The number of amides is 1. The van der Waals surface area contributed by atoms with Crippen molar-refractivity contribution in [3.63, 3.8) is 0 Å². The minimum atomic E-state index is -1.03. The lowest BCUT2D eigenvalue weighted by Gasteiger charge is -2.29. The van der Waals surface area contributed by atoms with Gasteiger partial charge in [-0.1, -0.05) is 13.0 Å². The molecule has 0 aromatic carbocycles. The third-order valence-electron chi connectivity index (χ3n) is 3.07. The highest BCUT2D eigenvalue weighted by Crippen LogP contribution is 2.15. The zero-order valence-electron chi connectivity index (χ0n) is 10.1. The predicted octanol–water partition coefficient (Wildman–Crippen LogP) is 0.520. The molecule has 1 aliphatic rings. The van der Waals surface area contributed by atoms with Gasteiger partial charge in [-0.3, -0.25) is 4.79 Å². The van der Waals surface area contributed by atoms with Gasteiger partial charge in [0.15, 0.2) is 0 Å². The largest absolute Gasteiger partial charge is 0.480 e. The number of aliphatic carboxylic acids is 1. The van der Waals surface area contributed by atoms with E-state index < -0.39 is 12.0 Å². The van der Waals surface area contributed by atoms with Crippen molar-refractivity contribution < 1.29 is 14.7 Å². The van der Waals surface area contributed by atoms with Gasteiger partial charge < -0.3 is 15.7 Å². The number of nitrogens with one attached hydrogen (secondary N) is 2. The van der Waals surface area contributed by atoms with E-state index in [0.29, 0.717) is 0 Å². The molecule has 1 aliphatic heterocycles. The molecule has 0 aliphatic carbocycles. The average Bonchev–Trinajstić information content (AvgIpc) is 2.28. The highest BCUT2D eigenvalue weighted by molar-refractivity contribution is 5.87. The van der Waals surface area contributed by atoms with Crippen LogP contribution in [0.4, 0.5) is 0 Å². The monoisotopic (exact) mass is 240 g/mol. The van der Waals surface area contributed by atoms with Gasteiger partial charge in [0.2, 0.25) is 5.91 Å². The second-order valence-electron chi connectivity index (χ2n) is 4.48. The van der Waals surface area contributed by atoms with Crippen LogP contribution in [-0.4, -0.2) is 35.6 Å². The fourth-order valence-corrected chi connectivity index (χ4v) is 2.05. The molecule has 1 rings (SSSR count). The Balaban J connectivity index is 2.56. The standard InChI is InChI=1S/C12H20N2O3/c1-3-5-9(12(16)17)14-11(15)10-8(2)6-4-7-13-10/h3,8-10,13H,1,4-7H2,2H3,(H,14,15)(H,16,17). The number of piperidine rings is 1. The topological polar surface area (TPSA) is 78.4 Å². The Kier molecular flexibility index (Phi) is 5.15. The van der Waals surface area contributed by atoms with Gasteiger partial charge in [0, 0.05) is 0 Å². The van der Waals surface area contributed by atoms with E-state index >= 15 is 0 Å². The Hall–Kier alpha value is -1.36. The van der Waals surface area contributed by atoms with Crippen LogP contribution in [0.25, 0.3) is 0 Å². The summed E-state index contributed by atoms with van der Waals surface area (Å²) >= 11 is 0. The third-order valence-corrected chi connectivity index (χ3v) is 3.07. The summed E-state index contributed by atoms with van der Waals surface area (Å²) < 4.78 is 0. The summed E-state index contributed by atoms with van der Waals surface area (Å²) in [6.07, 6.45) is 3.78. The van der Waals surface area contributed by atoms with Crippen molar-refractivity contribution in [1.29, 1.82) is 0 Å². The Morgan fingerprint density at radius 1 is 1.65 bits per heavy atom. The van der Waals surface area contributed by atoms with Crippen LogP contribution in [-0.2, 0) is 9.59 Å². The van der Waals surface area contributed by atoms with E-state index in [9.17, 15) is 9.59 Å². The van der Waals surface area contributed by atoms with Gasteiger partial charge in [-0.2, -0.15) is 0 Å². The first-order valence-corrected chi connectivity index (χ1v) is 5.93. The van der Waals surface area contributed by atoms with E-state index in [0.717, 1.165) is 19.4 Å². The molecular weight excluding hydrogens is 220 g/mol. The van der Waals surface area contributed by atoms with Crippen molar-refractivity contribution in [3.8, 4) is 0 Å². The molecule has 0 spiro atoms. The molecule has 0 saturated carbocycles. The van der Waals surface area contributed by atoms with Gasteiger partial charge in [-0.05, 0) is 31.7 Å². The first-order chi connectivity index (χ1) is 8.06. The zero-order chi connectivity index (χ0) is 12.8. The highest BCUT2D eigenvalue weighted by Gasteiger charge is 2.29. The minimum Gasteiger partial charge on any atom is -0.480 e. The van der Waals surface area contributed by atoms with E-state index in [1.165, 1.54) is 6.08 Å². The second-order valence-corrected chi connectivity index (χ2v) is 4.48. The summed E-state index contributed by atoms with van der Waals surface area (Å²) in [5.74, 6) is -1.02. The summed E-state index contributed by atoms with van der Waals surface area (Å²) in [5, 5.41) is 14.6. The third kappa shape index (κ3) is 3.85. The minimum absolute atomic E-state index is 0.230. The number of hydrogen-bond acceptors (Lipinski definition) is 3. The van der Waals surface area contributed by atoms with Crippen LogP contribution in [0, 0.1) is 5.92 Å². The lowest BCUT2D eigenvalue weighted by Crippen LogP contribution is -2.54. The van der Waals surface area contributed by atoms with E-state index in [2.05, 4.69) is 17.2 Å². The number of rotatable bonds is 5. The fourth-order valence-electron chi connectivity index (χ4n) is 2.05. The van der Waals surface area contributed by atoms with Crippen molar-refractivity contribution in [1.82, 2.24) is 10.6 Å². The number of carbonyl (C=O) groups is 2. The lowest BCUT2D eigenvalue weighted by atomic mass is 9.92. The zero-order valence-corrected chi connectivity index (χ0v) is 10.1. The molecule has 5 heteroatoms. The number of carboxylic acid groups (broad SMARTS) is 1. The maximum atomic E-state index is 11.9. The van der Waals surface area contributed by atoms with Gasteiger partial charge in [-0.15, -0.1) is 6.58 Å². The summed E-state index contributed by atoms with van der Waals surface area (Å²) in [4.78, 5) is 22.8. The van der Waals surface area contributed by atoms with Gasteiger partial charge in [0.05, 0.1) is 6.04 Å². The van der Waals surface area contributed by atoms with Gasteiger partial charge in [-0.25, -0.2) is 4.79 Å². The number of carboxylic acids is 1. The molecule has 0 aromatic rings. The quantitative estimate of drug-likeness (QED) is 0.612. The molecule has 5 nitrogen and oxygen atoms in total. The van der Waals surface area contributed by atoms with Crippen molar-refractivity contribution in [2.24, 2.45) is 5.92 Å². The molecular formula is C12H20N2O3. The van der Waals surface area contributed by atoms with Crippen LogP contribution in [0.3, 0.4) is 0 Å². The van der Waals surface area contributed by atoms with Gasteiger partial charge >= 0.3 is 5.97 Å². The van der Waals surface area contributed by atoms with Gasteiger partial charge in [0.1, 0.15) is 6.04 Å². The maximum Gasteiger partial charge on any atom is 0.326 e. The van der Waals surface area contributed by atoms with Gasteiger partial charge in [0.25, 0.3) is 0 Å². The lowest BCUT2D eigenvalue weighted by molar-refractivity contribution is -0.142. The summed E-state index contributed by atoms with van der Waals surface area (Å²) in [7, 11) is 0. The fraction of sp³-hybridized carbons (Fsp3) is 0.667. The maximum absolute atomic E-state index is 11.9. The molecule has 1 saturated heterocycles. The molecule has 1 fully saturated rings. The van der Waals surface area contributed by atoms with Crippen molar-refractivity contribution >= 4 is 11.9 Å². The molecule has 1 heterocycles. The Labute approximate surface area is 101 Å². The molecule has 17 heavy (non-hydrogen) atoms. The highest BCUT2D eigenvalue weighted by atomic mass is 16.4. The summed E-state index contributed by atoms with van der Waals surface area (Å²) in [6.45, 7) is 6.29. The second kappa shape index (κ2) is 6.39. The van der Waals surface area contributed by atoms with Crippen LogP contribution in [0.5, 0.6) is 0 Å². The van der Waals surface area contributed by atoms with Crippen molar-refractivity contribution in [3.05, 3.63) is 12.7 Å². The molecule has 0 bridgehead atoms. The molecule has 0 radical (unpaired) electrons. The smallest absolute Gasteiger partial charge is 0.326 e. The summed E-state index contributed by atoms with van der Waals surface area (Å²) in [5.41, 5.74) is 0. The predicted molar refractivity (Wildman–Crippen MR) is 64.6 cm³/mol. The number of carbonyl (C=O) groups excluding carboxylic acids is 1. The number of hydrogen-bond donors (Lipinski definition) is 3. The van der Waals surface area contributed by atoms with Crippen LogP contribution >= 0.6 is 0 Å². The SMILES string of the molecule is C=CCC(NC(=O)C1NCCCC1C)C(=O)O. The molecule has 3 atom stereocenters. The Bertz CT molecular complexity index is 304. The van der Waals surface area contributed by atoms with Crippen LogP contribution in [0.2, 0.25) is 0 Å². The van der Waals surface area contributed by atoms with E-state index in [4.69, 9.17) is 5.11 Å². The molecule has 3 unspecified atom stereocenters. The Morgan fingerprint density at radius 2 is 2.35 bits per heavy atom. The average molecular weight is 240 g/mol. The van der Waals surface area contributed by atoms with Crippen molar-refractivity contribution in [2.45, 2.75) is 38.3 Å². The molecule has 0 aromatic heterocycles. The molecule has 96 valence electrons. The molecule has 1 amide bonds. The molecule has 3 N–H and O–H groups in total. The normalized spacial score (nSPS) is 25.9. The van der Waals surface area contributed by atoms with E-state index in [1.54, 1.807) is 0 Å². The summed E-state index contributed by atoms with van der Waals surface area (Å²) in [6, 6.07) is -1.16. The van der Waals surface area contributed by atoms with E-state index in [-0.39, 0.29) is 24.3 Å². The van der Waals surface area contributed by atoms with Crippen LogP contribution in [0.15, 0.2) is 12.7 Å². The first kappa shape index (κ1) is 13.7. The van der Waals surface area contributed by atoms with Crippen molar-refractivity contribution in [2.75, 3.05) is 6.54 Å². The first-order valence-electron chi connectivity index (χ1n) is 5.93. The van der Waals surface area contributed by atoms with Crippen LogP contribution < -0.4 is 10.6 Å². The van der Waals surface area contributed by atoms with E-state index in [1.807, 2.05) is 6.92 Å². The Morgan fingerprint density at radius 3 is 2.88 bits per heavy atom.